The van der Waals surface area contributed by atoms with Gasteiger partial charge in [0.05, 0.1) is 20.7 Å². The molecule has 0 bridgehead atoms. The van der Waals surface area contributed by atoms with Gasteiger partial charge in [-0.2, -0.15) is 0 Å². The molecule has 24 heavy (non-hydrogen) atoms. The first-order valence-electron chi connectivity index (χ1n) is 9.87. The van der Waals surface area contributed by atoms with Crippen LogP contribution in [0, 0.1) is 0 Å². The van der Waals surface area contributed by atoms with Crippen LogP contribution in [0.4, 0.5) is 0 Å². The normalized spacial score (nSPS) is 14.2. The second-order valence-electron chi connectivity index (χ2n) is 6.96. The van der Waals surface area contributed by atoms with Crippen molar-refractivity contribution in [1.82, 2.24) is 0 Å². The molecule has 0 aromatic rings. The SMILES string of the molecule is CCCCCCCCCCCCCCOP(=O)([O-])OCC[NH+](C)C. The second kappa shape index (κ2) is 16.5. The Labute approximate surface area is 149 Å². The largest absolute Gasteiger partial charge is 0.756 e. The number of phosphoric ester groups is 1. The Hall–Kier alpha value is 0.0700. The number of nitrogens with one attached hydrogen (secondary N) is 1. The molecule has 0 aromatic heterocycles. The van der Waals surface area contributed by atoms with Crippen LogP contribution in [0.15, 0.2) is 0 Å². The van der Waals surface area contributed by atoms with Gasteiger partial charge in [-0.3, -0.25) is 4.57 Å². The summed E-state index contributed by atoms with van der Waals surface area (Å²) < 4.78 is 21.2. The minimum Gasteiger partial charge on any atom is -0.756 e. The summed E-state index contributed by atoms with van der Waals surface area (Å²) in [5.41, 5.74) is 0. The third-order valence-electron chi connectivity index (χ3n) is 4.10. The van der Waals surface area contributed by atoms with Crippen molar-refractivity contribution in [3.8, 4) is 0 Å². The molecule has 0 aliphatic heterocycles. The predicted molar refractivity (Wildman–Crippen MR) is 98.3 cm³/mol. The number of quaternary nitrogens is 1. The zero-order valence-corrected chi connectivity index (χ0v) is 17.1. The lowest BCUT2D eigenvalue weighted by molar-refractivity contribution is -0.858. The number of phosphoric acid groups is 1. The number of hydrogen-bond acceptors (Lipinski definition) is 4. The van der Waals surface area contributed by atoms with Crippen molar-refractivity contribution in [3.63, 3.8) is 0 Å². The monoisotopic (exact) mass is 365 g/mol. The van der Waals surface area contributed by atoms with Gasteiger partial charge < -0.3 is 18.8 Å². The third kappa shape index (κ3) is 18.4. The van der Waals surface area contributed by atoms with Gasteiger partial charge in [-0.15, -0.1) is 0 Å². The fourth-order valence-electron chi connectivity index (χ4n) is 2.52. The van der Waals surface area contributed by atoms with Crippen LogP contribution in [0.2, 0.25) is 0 Å². The van der Waals surface area contributed by atoms with Gasteiger partial charge in [0.15, 0.2) is 0 Å². The Kier molecular flexibility index (Phi) is 16.6. The maximum absolute atomic E-state index is 11.5. The summed E-state index contributed by atoms with van der Waals surface area (Å²) in [6.45, 7) is 3.32. The van der Waals surface area contributed by atoms with Crippen LogP contribution in [0.1, 0.15) is 84.0 Å². The summed E-state index contributed by atoms with van der Waals surface area (Å²) >= 11 is 0. The van der Waals surface area contributed by atoms with E-state index in [0.29, 0.717) is 6.54 Å². The van der Waals surface area contributed by atoms with E-state index in [9.17, 15) is 9.46 Å². The molecule has 0 spiro atoms. The van der Waals surface area contributed by atoms with Gasteiger partial charge in [-0.1, -0.05) is 77.6 Å². The smallest absolute Gasteiger partial charge is 0.268 e. The summed E-state index contributed by atoms with van der Waals surface area (Å²) in [6.07, 6.45) is 15.0. The highest BCUT2D eigenvalue weighted by Crippen LogP contribution is 2.37. The second-order valence-corrected chi connectivity index (χ2v) is 8.37. The van der Waals surface area contributed by atoms with E-state index in [0.717, 1.165) is 24.2 Å². The van der Waals surface area contributed by atoms with E-state index in [1.807, 2.05) is 14.1 Å². The molecule has 0 aromatic carbocycles. The van der Waals surface area contributed by atoms with E-state index in [4.69, 9.17) is 9.05 Å². The number of hydrogen-bond donors (Lipinski definition) is 1. The first-order valence-corrected chi connectivity index (χ1v) is 11.3. The van der Waals surface area contributed by atoms with E-state index >= 15 is 0 Å². The van der Waals surface area contributed by atoms with Gasteiger partial charge in [-0.25, -0.2) is 0 Å². The highest BCUT2D eigenvalue weighted by molar-refractivity contribution is 7.45. The molecule has 0 fully saturated rings. The van der Waals surface area contributed by atoms with Crippen LogP contribution >= 0.6 is 7.82 Å². The standard InChI is InChI=1S/C18H40NO4P/c1-4-5-6-7-8-9-10-11-12-13-14-15-17-22-24(20,21)23-18-16-19(2)3/h4-18H2,1-3H3,(H,20,21). The molecule has 0 radical (unpaired) electrons. The van der Waals surface area contributed by atoms with Crippen LogP contribution in [-0.2, 0) is 13.6 Å². The average molecular weight is 365 g/mol. The molecule has 0 amide bonds. The maximum atomic E-state index is 11.5. The summed E-state index contributed by atoms with van der Waals surface area (Å²) in [5.74, 6) is 0. The summed E-state index contributed by atoms with van der Waals surface area (Å²) in [5, 5.41) is 0. The summed E-state index contributed by atoms with van der Waals surface area (Å²) in [6, 6.07) is 0. The maximum Gasteiger partial charge on any atom is 0.268 e. The molecule has 1 N–H and O–H groups in total. The number of rotatable bonds is 18. The highest BCUT2D eigenvalue weighted by atomic mass is 31.2. The lowest BCUT2D eigenvalue weighted by Gasteiger charge is -2.22. The van der Waals surface area contributed by atoms with Gasteiger partial charge in [0.25, 0.3) is 7.82 Å². The topological polar surface area (TPSA) is 63.0 Å². The zero-order chi connectivity index (χ0) is 18.1. The van der Waals surface area contributed by atoms with E-state index in [2.05, 4.69) is 6.92 Å². The first kappa shape index (κ1) is 24.1. The van der Waals surface area contributed by atoms with Crippen molar-refractivity contribution in [2.24, 2.45) is 0 Å². The van der Waals surface area contributed by atoms with E-state index < -0.39 is 7.82 Å². The number of likely N-dealkylation sites (N-methyl/N-ethyl adjacent to an activating group) is 1. The molecule has 5 nitrogen and oxygen atoms in total. The Morgan fingerprint density at radius 2 is 1.17 bits per heavy atom. The third-order valence-corrected chi connectivity index (χ3v) is 5.10. The fraction of sp³-hybridized carbons (Fsp3) is 1.00. The van der Waals surface area contributed by atoms with Crippen LogP contribution < -0.4 is 9.79 Å². The number of unbranched alkanes of at least 4 members (excludes halogenated alkanes) is 11. The fourth-order valence-corrected chi connectivity index (χ4v) is 3.26. The van der Waals surface area contributed by atoms with E-state index in [1.54, 1.807) is 0 Å². The molecule has 0 saturated carbocycles. The lowest BCUT2D eigenvalue weighted by Crippen LogP contribution is -3.06. The van der Waals surface area contributed by atoms with Crippen molar-refractivity contribution in [1.29, 1.82) is 0 Å². The van der Waals surface area contributed by atoms with Crippen molar-refractivity contribution >= 4 is 7.82 Å². The molecule has 0 aliphatic carbocycles. The van der Waals surface area contributed by atoms with Gasteiger partial charge in [0, 0.05) is 0 Å². The molecule has 0 rings (SSSR count). The Morgan fingerprint density at radius 3 is 1.62 bits per heavy atom. The van der Waals surface area contributed by atoms with Crippen molar-refractivity contribution < 1.29 is 23.4 Å². The zero-order valence-electron chi connectivity index (χ0n) is 16.2. The molecule has 0 aliphatic rings. The Balaban J connectivity index is 3.28. The van der Waals surface area contributed by atoms with Crippen LogP contribution in [0.3, 0.4) is 0 Å². The van der Waals surface area contributed by atoms with Crippen molar-refractivity contribution in [2.75, 3.05) is 33.9 Å². The van der Waals surface area contributed by atoms with Gasteiger partial charge >= 0.3 is 0 Å². The molecule has 6 heteroatoms. The summed E-state index contributed by atoms with van der Waals surface area (Å²) in [7, 11) is -0.193. The van der Waals surface area contributed by atoms with E-state index in [1.165, 1.54) is 57.8 Å². The molecular formula is C18H40NO4P. The van der Waals surface area contributed by atoms with Crippen LogP contribution in [0.25, 0.3) is 0 Å². The van der Waals surface area contributed by atoms with E-state index in [-0.39, 0.29) is 13.2 Å². The minimum atomic E-state index is -4.09. The molecule has 146 valence electrons. The van der Waals surface area contributed by atoms with Gasteiger partial charge in [-0.05, 0) is 6.42 Å². The first-order chi connectivity index (χ1) is 11.5. The highest BCUT2D eigenvalue weighted by Gasteiger charge is 2.09. The van der Waals surface area contributed by atoms with Crippen LogP contribution in [0.5, 0.6) is 0 Å². The Morgan fingerprint density at radius 1 is 0.750 bits per heavy atom. The van der Waals surface area contributed by atoms with Crippen molar-refractivity contribution in [2.45, 2.75) is 84.0 Å². The van der Waals surface area contributed by atoms with Crippen LogP contribution in [-0.4, -0.2) is 33.9 Å². The van der Waals surface area contributed by atoms with Gasteiger partial charge in [0.2, 0.25) is 0 Å². The molecular weight excluding hydrogens is 325 g/mol. The molecule has 0 heterocycles. The quantitative estimate of drug-likeness (QED) is 0.299. The van der Waals surface area contributed by atoms with Crippen molar-refractivity contribution in [3.05, 3.63) is 0 Å². The molecule has 1 atom stereocenters. The Bertz CT molecular complexity index is 313. The van der Waals surface area contributed by atoms with Gasteiger partial charge in [0.1, 0.15) is 13.2 Å². The summed E-state index contributed by atoms with van der Waals surface area (Å²) in [4.78, 5) is 12.6. The molecule has 0 saturated heterocycles. The molecule has 1 unspecified atom stereocenters. The lowest BCUT2D eigenvalue weighted by atomic mass is 10.1. The average Bonchev–Trinajstić information content (AvgIpc) is 2.51. The minimum absolute atomic E-state index is 0.182. The predicted octanol–water partition coefficient (Wildman–Crippen LogP) is 3.33.